The number of amidine groups is 1. The van der Waals surface area contributed by atoms with Gasteiger partial charge in [-0.05, 0) is 59.8 Å². The first-order valence-electron chi connectivity index (χ1n) is 12.5. The molecule has 0 bridgehead atoms. The maximum absolute atomic E-state index is 12.8. The van der Waals surface area contributed by atoms with Crippen molar-refractivity contribution >= 4 is 28.9 Å². The Balaban J connectivity index is 1.28. The molecule has 1 amide bonds. The first-order valence-corrected chi connectivity index (χ1v) is 13.3. The van der Waals surface area contributed by atoms with Gasteiger partial charge in [0.25, 0.3) is 5.91 Å². The van der Waals surface area contributed by atoms with Gasteiger partial charge in [-0.25, -0.2) is 4.68 Å². The number of nitrogens with zero attached hydrogens (tertiary/aromatic N) is 4. The standard InChI is InChI=1S/C30H26N4O3S/c35-29-27(38-30(31-29)33-15-17-36-18-16-33)19-24-20-34(25-9-5-2-6-10-25)32-28(24)23-11-13-26(14-12-23)37-21-22-7-3-1-4-8-22/h1-14,19-20H,15-18,21H2/b27-19-. The summed E-state index contributed by atoms with van der Waals surface area (Å²) in [5.74, 6) is 0.560. The number of carbonyl (C=O) groups excluding carboxylic acids is 1. The van der Waals surface area contributed by atoms with E-state index in [9.17, 15) is 4.79 Å². The maximum atomic E-state index is 12.8. The van der Waals surface area contributed by atoms with Crippen LogP contribution in [0, 0.1) is 0 Å². The van der Waals surface area contributed by atoms with Crippen molar-refractivity contribution in [2.75, 3.05) is 26.3 Å². The summed E-state index contributed by atoms with van der Waals surface area (Å²) >= 11 is 1.41. The Morgan fingerprint density at radius 2 is 1.63 bits per heavy atom. The molecule has 2 aliphatic heterocycles. The van der Waals surface area contributed by atoms with E-state index in [1.54, 1.807) is 0 Å². The second-order valence-electron chi connectivity index (χ2n) is 8.92. The Morgan fingerprint density at radius 3 is 2.37 bits per heavy atom. The number of hydrogen-bond acceptors (Lipinski definition) is 6. The van der Waals surface area contributed by atoms with Crippen LogP contribution in [0.25, 0.3) is 23.0 Å². The molecule has 8 heteroatoms. The van der Waals surface area contributed by atoms with Crippen LogP contribution in [0.2, 0.25) is 0 Å². The third-order valence-corrected chi connectivity index (χ3v) is 7.36. The summed E-state index contributed by atoms with van der Waals surface area (Å²) in [5.41, 5.74) is 4.62. The third-order valence-electron chi connectivity index (χ3n) is 6.32. The number of benzene rings is 3. The van der Waals surface area contributed by atoms with Crippen molar-refractivity contribution in [3.8, 4) is 22.7 Å². The molecule has 0 N–H and O–H groups in total. The fourth-order valence-electron chi connectivity index (χ4n) is 4.31. The summed E-state index contributed by atoms with van der Waals surface area (Å²) in [7, 11) is 0. The second kappa shape index (κ2) is 11.1. The van der Waals surface area contributed by atoms with Gasteiger partial charge >= 0.3 is 0 Å². The van der Waals surface area contributed by atoms with E-state index in [2.05, 4.69) is 9.89 Å². The highest BCUT2D eigenvalue weighted by atomic mass is 32.2. The van der Waals surface area contributed by atoms with Crippen molar-refractivity contribution in [2.24, 2.45) is 4.99 Å². The van der Waals surface area contributed by atoms with Crippen molar-refractivity contribution in [3.05, 3.63) is 107 Å². The van der Waals surface area contributed by atoms with Crippen LogP contribution in [0.5, 0.6) is 5.75 Å². The molecule has 6 rings (SSSR count). The molecule has 1 aromatic heterocycles. The summed E-state index contributed by atoms with van der Waals surface area (Å²) < 4.78 is 13.2. The Hall–Kier alpha value is -4.14. The predicted octanol–water partition coefficient (Wildman–Crippen LogP) is 5.42. The number of aromatic nitrogens is 2. The number of rotatable bonds is 6. The lowest BCUT2D eigenvalue weighted by atomic mass is 10.1. The monoisotopic (exact) mass is 522 g/mol. The normalized spacial score (nSPS) is 16.6. The first-order chi connectivity index (χ1) is 18.7. The summed E-state index contributed by atoms with van der Waals surface area (Å²) in [5, 5.41) is 5.63. The molecule has 0 aliphatic carbocycles. The van der Waals surface area contributed by atoms with E-state index in [-0.39, 0.29) is 5.91 Å². The highest BCUT2D eigenvalue weighted by Gasteiger charge is 2.28. The first kappa shape index (κ1) is 24.2. The molecule has 2 aliphatic rings. The molecule has 0 atom stereocenters. The number of para-hydroxylation sites is 1. The smallest absolute Gasteiger partial charge is 0.286 e. The molecule has 0 saturated carbocycles. The molecule has 0 unspecified atom stereocenters. The Kier molecular flexibility index (Phi) is 7.06. The summed E-state index contributed by atoms with van der Waals surface area (Å²) in [6, 6.07) is 27.9. The lowest BCUT2D eigenvalue weighted by molar-refractivity contribution is -0.113. The largest absolute Gasteiger partial charge is 0.489 e. The van der Waals surface area contributed by atoms with Gasteiger partial charge in [0.2, 0.25) is 0 Å². The van der Waals surface area contributed by atoms with Gasteiger partial charge < -0.3 is 14.4 Å². The van der Waals surface area contributed by atoms with E-state index < -0.39 is 0 Å². The van der Waals surface area contributed by atoms with E-state index in [0.29, 0.717) is 24.7 Å². The Bertz CT molecular complexity index is 1480. The van der Waals surface area contributed by atoms with E-state index >= 15 is 0 Å². The zero-order valence-corrected chi connectivity index (χ0v) is 21.5. The molecule has 1 fully saturated rings. The van der Waals surface area contributed by atoms with Crippen LogP contribution >= 0.6 is 11.8 Å². The van der Waals surface area contributed by atoms with Crippen LogP contribution in [0.3, 0.4) is 0 Å². The van der Waals surface area contributed by atoms with Crippen LogP contribution in [0.1, 0.15) is 11.1 Å². The molecule has 0 spiro atoms. The summed E-state index contributed by atoms with van der Waals surface area (Å²) in [4.78, 5) is 19.8. The van der Waals surface area contributed by atoms with Crippen molar-refractivity contribution < 1.29 is 14.3 Å². The SMILES string of the molecule is O=C1N=C(N2CCOCC2)S/C1=C\c1cn(-c2ccccc2)nc1-c1ccc(OCc2ccccc2)cc1. The van der Waals surface area contributed by atoms with Gasteiger partial charge in [-0.1, -0.05) is 48.5 Å². The van der Waals surface area contributed by atoms with Gasteiger partial charge in [-0.2, -0.15) is 10.1 Å². The van der Waals surface area contributed by atoms with Crippen molar-refractivity contribution in [1.29, 1.82) is 0 Å². The van der Waals surface area contributed by atoms with E-state index in [1.165, 1.54) is 11.8 Å². The van der Waals surface area contributed by atoms with E-state index in [4.69, 9.17) is 14.6 Å². The van der Waals surface area contributed by atoms with E-state index in [0.717, 1.165) is 52.1 Å². The quantitative estimate of drug-likeness (QED) is 0.315. The molecule has 1 saturated heterocycles. The third kappa shape index (κ3) is 5.41. The highest BCUT2D eigenvalue weighted by molar-refractivity contribution is 8.18. The number of hydrogen-bond donors (Lipinski definition) is 0. The molecule has 38 heavy (non-hydrogen) atoms. The molecular weight excluding hydrogens is 496 g/mol. The van der Waals surface area contributed by atoms with Crippen molar-refractivity contribution in [1.82, 2.24) is 14.7 Å². The van der Waals surface area contributed by atoms with Crippen molar-refractivity contribution in [2.45, 2.75) is 6.61 Å². The van der Waals surface area contributed by atoms with Gasteiger partial charge in [-0.15, -0.1) is 0 Å². The molecule has 7 nitrogen and oxygen atoms in total. The minimum atomic E-state index is -0.223. The molecule has 4 aromatic rings. The summed E-state index contributed by atoms with van der Waals surface area (Å²) in [6.07, 6.45) is 3.85. The number of amides is 1. The maximum Gasteiger partial charge on any atom is 0.286 e. The number of carbonyl (C=O) groups is 1. The lowest BCUT2D eigenvalue weighted by Crippen LogP contribution is -2.38. The van der Waals surface area contributed by atoms with Gasteiger partial charge in [0.05, 0.1) is 29.5 Å². The zero-order chi connectivity index (χ0) is 25.7. The molecule has 3 heterocycles. The molecule has 3 aromatic carbocycles. The second-order valence-corrected chi connectivity index (χ2v) is 9.93. The number of aliphatic imine (C=N–C) groups is 1. The van der Waals surface area contributed by atoms with Gasteiger partial charge in [-0.3, -0.25) is 4.79 Å². The Labute approximate surface area is 225 Å². The van der Waals surface area contributed by atoms with Gasteiger partial charge in [0.1, 0.15) is 12.4 Å². The average molecular weight is 523 g/mol. The topological polar surface area (TPSA) is 69.0 Å². The Morgan fingerprint density at radius 1 is 0.921 bits per heavy atom. The zero-order valence-electron chi connectivity index (χ0n) is 20.7. The van der Waals surface area contributed by atoms with Crippen LogP contribution in [0.15, 0.2) is 101 Å². The average Bonchev–Trinajstić information content (AvgIpc) is 3.57. The molecule has 0 radical (unpaired) electrons. The van der Waals surface area contributed by atoms with E-state index in [1.807, 2.05) is 102 Å². The summed E-state index contributed by atoms with van der Waals surface area (Å²) in [6.45, 7) is 3.27. The predicted molar refractivity (Wildman–Crippen MR) is 150 cm³/mol. The highest BCUT2D eigenvalue weighted by Crippen LogP contribution is 2.34. The number of morpholine rings is 1. The van der Waals surface area contributed by atoms with Gasteiger partial charge in [0.15, 0.2) is 5.17 Å². The van der Waals surface area contributed by atoms with Crippen LogP contribution in [-0.2, 0) is 16.1 Å². The van der Waals surface area contributed by atoms with Crippen LogP contribution in [-0.4, -0.2) is 52.1 Å². The van der Waals surface area contributed by atoms with Gasteiger partial charge in [0, 0.05) is 30.4 Å². The molecular formula is C30H26N4O3S. The lowest BCUT2D eigenvalue weighted by Gasteiger charge is -2.27. The minimum absolute atomic E-state index is 0.223. The number of thioether (sulfide) groups is 1. The van der Waals surface area contributed by atoms with Crippen molar-refractivity contribution in [3.63, 3.8) is 0 Å². The molecule has 190 valence electrons. The van der Waals surface area contributed by atoms with Crippen LogP contribution in [0.4, 0.5) is 0 Å². The number of ether oxygens (including phenoxy) is 2. The van der Waals surface area contributed by atoms with Crippen LogP contribution < -0.4 is 4.74 Å². The minimum Gasteiger partial charge on any atom is -0.489 e. The fraction of sp³-hybridized carbons (Fsp3) is 0.167. The fourth-order valence-corrected chi connectivity index (χ4v) is 5.27.